The molecular weight excluding hydrogens is 174 g/mol. The van der Waals surface area contributed by atoms with Gasteiger partial charge in [0.15, 0.2) is 0 Å². The molecule has 0 saturated carbocycles. The first kappa shape index (κ1) is 13.7. The second kappa shape index (κ2) is 7.02. The molecule has 0 heterocycles. The summed E-state index contributed by atoms with van der Waals surface area (Å²) in [7, 11) is 0. The Hall–Kier alpha value is -0.340. The normalized spacial score (nSPS) is 14.0. The maximum atomic E-state index is 9.45. The van der Waals surface area contributed by atoms with Gasteiger partial charge in [0.2, 0.25) is 0 Å². The van der Waals surface area contributed by atoms with E-state index in [1.165, 1.54) is 19.3 Å². The fourth-order valence-electron chi connectivity index (χ4n) is 1.15. The van der Waals surface area contributed by atoms with E-state index in [-0.39, 0.29) is 11.6 Å². The van der Waals surface area contributed by atoms with Gasteiger partial charge >= 0.3 is 0 Å². The lowest BCUT2D eigenvalue weighted by Gasteiger charge is -2.29. The van der Waals surface area contributed by atoms with Crippen LogP contribution < -0.4 is 5.32 Å². The van der Waals surface area contributed by atoms with Crippen LogP contribution in [-0.4, -0.2) is 23.3 Å². The van der Waals surface area contributed by atoms with Crippen LogP contribution >= 0.6 is 0 Å². The average Bonchev–Trinajstić information content (AvgIpc) is 2.10. The fraction of sp³-hybridized carbons (Fsp3) is 0.833. The van der Waals surface area contributed by atoms with Crippen LogP contribution in [0.1, 0.15) is 46.5 Å². The molecule has 0 aromatic carbocycles. The molecular formula is C12H25NO. The highest BCUT2D eigenvalue weighted by Gasteiger charge is 2.22. The van der Waals surface area contributed by atoms with Gasteiger partial charge in [0.05, 0.1) is 6.10 Å². The molecule has 0 rings (SSSR count). The summed E-state index contributed by atoms with van der Waals surface area (Å²) in [4.78, 5) is 0. The maximum Gasteiger partial charge on any atom is 0.0688 e. The van der Waals surface area contributed by atoms with E-state index < -0.39 is 0 Å². The zero-order valence-electron chi connectivity index (χ0n) is 9.84. The molecule has 0 aliphatic rings. The molecule has 2 nitrogen and oxygen atoms in total. The topological polar surface area (TPSA) is 32.3 Å². The minimum atomic E-state index is -0.310. The van der Waals surface area contributed by atoms with Crippen LogP contribution in [0, 0.1) is 0 Å². The molecule has 1 unspecified atom stereocenters. The Balaban J connectivity index is 3.39. The Morgan fingerprint density at radius 3 is 2.50 bits per heavy atom. The molecule has 0 radical (unpaired) electrons. The molecule has 14 heavy (non-hydrogen) atoms. The van der Waals surface area contributed by atoms with Crippen LogP contribution in [-0.2, 0) is 0 Å². The van der Waals surface area contributed by atoms with E-state index in [4.69, 9.17) is 0 Å². The highest BCUT2D eigenvalue weighted by atomic mass is 16.3. The fourth-order valence-corrected chi connectivity index (χ4v) is 1.15. The molecule has 0 aliphatic carbocycles. The third-order valence-corrected chi connectivity index (χ3v) is 2.71. The summed E-state index contributed by atoms with van der Waals surface area (Å²) in [6.07, 6.45) is 6.39. The van der Waals surface area contributed by atoms with E-state index in [0.717, 1.165) is 13.0 Å². The standard InChI is InChI=1S/C12H25NO/c1-5-6-7-8-9-10-13-12(3,4)11(2)14/h5,11,13-14H,1,6-10H2,2-4H3. The predicted octanol–water partition coefficient (Wildman–Crippen LogP) is 2.48. The molecule has 84 valence electrons. The van der Waals surface area contributed by atoms with Crippen molar-refractivity contribution in [3.63, 3.8) is 0 Å². The zero-order valence-corrected chi connectivity index (χ0v) is 9.84. The van der Waals surface area contributed by atoms with Gasteiger partial charge in [-0.25, -0.2) is 0 Å². The van der Waals surface area contributed by atoms with Gasteiger partial charge < -0.3 is 10.4 Å². The zero-order chi connectivity index (χ0) is 11.0. The summed E-state index contributed by atoms with van der Waals surface area (Å²) >= 11 is 0. The Morgan fingerprint density at radius 2 is 2.00 bits per heavy atom. The van der Waals surface area contributed by atoms with Crippen molar-refractivity contribution in [3.8, 4) is 0 Å². The third-order valence-electron chi connectivity index (χ3n) is 2.71. The summed E-state index contributed by atoms with van der Waals surface area (Å²) < 4.78 is 0. The number of nitrogens with one attached hydrogen (secondary N) is 1. The minimum absolute atomic E-state index is 0.168. The molecule has 2 heteroatoms. The first-order valence-electron chi connectivity index (χ1n) is 5.54. The molecule has 0 amide bonds. The molecule has 1 atom stereocenters. The summed E-state index contributed by atoms with van der Waals surface area (Å²) in [6, 6.07) is 0. The van der Waals surface area contributed by atoms with Gasteiger partial charge in [-0.2, -0.15) is 0 Å². The number of rotatable bonds is 8. The van der Waals surface area contributed by atoms with Crippen molar-refractivity contribution in [2.24, 2.45) is 0 Å². The molecule has 0 aromatic rings. The lowest BCUT2D eigenvalue weighted by atomic mass is 9.98. The molecule has 0 saturated heterocycles. The van der Waals surface area contributed by atoms with Crippen LogP contribution in [0.2, 0.25) is 0 Å². The predicted molar refractivity (Wildman–Crippen MR) is 62.4 cm³/mol. The first-order chi connectivity index (χ1) is 6.50. The van der Waals surface area contributed by atoms with Crippen molar-refractivity contribution in [3.05, 3.63) is 12.7 Å². The Bertz CT molecular complexity index is 152. The molecule has 0 spiro atoms. The van der Waals surface area contributed by atoms with Crippen LogP contribution in [0.3, 0.4) is 0 Å². The van der Waals surface area contributed by atoms with Crippen LogP contribution in [0.15, 0.2) is 12.7 Å². The molecule has 0 bridgehead atoms. The van der Waals surface area contributed by atoms with Crippen molar-refractivity contribution in [2.75, 3.05) is 6.54 Å². The van der Waals surface area contributed by atoms with Gasteiger partial charge in [0.25, 0.3) is 0 Å². The Labute approximate surface area is 88.4 Å². The number of unbranched alkanes of at least 4 members (excludes halogenated alkanes) is 3. The minimum Gasteiger partial charge on any atom is -0.392 e. The van der Waals surface area contributed by atoms with Crippen LogP contribution in [0.5, 0.6) is 0 Å². The lowest BCUT2D eigenvalue weighted by molar-refractivity contribution is 0.0966. The van der Waals surface area contributed by atoms with Gasteiger partial charge in [0.1, 0.15) is 0 Å². The van der Waals surface area contributed by atoms with Gasteiger partial charge in [-0.3, -0.25) is 0 Å². The van der Waals surface area contributed by atoms with Crippen molar-refractivity contribution >= 4 is 0 Å². The third kappa shape index (κ3) is 6.17. The molecule has 0 aromatic heterocycles. The van der Waals surface area contributed by atoms with E-state index in [1.807, 2.05) is 26.8 Å². The van der Waals surface area contributed by atoms with Gasteiger partial charge in [-0.15, -0.1) is 6.58 Å². The number of aliphatic hydroxyl groups is 1. The summed E-state index contributed by atoms with van der Waals surface area (Å²) in [6.45, 7) is 10.6. The van der Waals surface area contributed by atoms with Crippen molar-refractivity contribution in [2.45, 2.75) is 58.1 Å². The first-order valence-corrected chi connectivity index (χ1v) is 5.54. The van der Waals surface area contributed by atoms with E-state index in [2.05, 4.69) is 11.9 Å². The average molecular weight is 199 g/mol. The molecule has 0 aliphatic heterocycles. The monoisotopic (exact) mass is 199 g/mol. The second-order valence-electron chi connectivity index (χ2n) is 4.46. The number of allylic oxidation sites excluding steroid dienone is 1. The quantitative estimate of drug-likeness (QED) is 0.465. The van der Waals surface area contributed by atoms with Crippen LogP contribution in [0.25, 0.3) is 0 Å². The smallest absolute Gasteiger partial charge is 0.0688 e. The Morgan fingerprint density at radius 1 is 1.36 bits per heavy atom. The van der Waals surface area contributed by atoms with E-state index in [1.54, 1.807) is 0 Å². The highest BCUT2D eigenvalue weighted by molar-refractivity contribution is 4.82. The van der Waals surface area contributed by atoms with Crippen LogP contribution in [0.4, 0.5) is 0 Å². The summed E-state index contributed by atoms with van der Waals surface area (Å²) in [5, 5.41) is 12.8. The maximum absolute atomic E-state index is 9.45. The van der Waals surface area contributed by atoms with Gasteiger partial charge in [0, 0.05) is 5.54 Å². The molecule has 2 N–H and O–H groups in total. The molecule has 0 fully saturated rings. The Kier molecular flexibility index (Phi) is 6.85. The van der Waals surface area contributed by atoms with E-state index in [9.17, 15) is 5.11 Å². The van der Waals surface area contributed by atoms with Gasteiger partial charge in [-0.1, -0.05) is 12.5 Å². The van der Waals surface area contributed by atoms with Crippen molar-refractivity contribution < 1.29 is 5.11 Å². The lowest BCUT2D eigenvalue weighted by Crippen LogP contribution is -2.48. The number of aliphatic hydroxyl groups excluding tert-OH is 1. The number of hydrogen-bond donors (Lipinski definition) is 2. The second-order valence-corrected chi connectivity index (χ2v) is 4.46. The number of hydrogen-bond acceptors (Lipinski definition) is 2. The highest BCUT2D eigenvalue weighted by Crippen LogP contribution is 2.08. The largest absolute Gasteiger partial charge is 0.392 e. The SMILES string of the molecule is C=CCCCCCNC(C)(C)C(C)O. The van der Waals surface area contributed by atoms with Crippen molar-refractivity contribution in [1.29, 1.82) is 0 Å². The van der Waals surface area contributed by atoms with Crippen molar-refractivity contribution in [1.82, 2.24) is 5.32 Å². The van der Waals surface area contributed by atoms with Gasteiger partial charge in [-0.05, 0) is 46.6 Å². The van der Waals surface area contributed by atoms with E-state index in [0.29, 0.717) is 0 Å². The summed E-state index contributed by atoms with van der Waals surface area (Å²) in [5.41, 5.74) is -0.168. The summed E-state index contributed by atoms with van der Waals surface area (Å²) in [5.74, 6) is 0. The van der Waals surface area contributed by atoms with E-state index >= 15 is 0 Å².